The van der Waals surface area contributed by atoms with Gasteiger partial charge in [-0.3, -0.25) is 10.0 Å². The average molecular weight is 546 g/mol. The molecule has 1 fully saturated rings. The predicted molar refractivity (Wildman–Crippen MR) is 137 cm³/mol. The van der Waals surface area contributed by atoms with Crippen molar-refractivity contribution in [3.05, 3.63) is 76.8 Å². The number of nitrogens with one attached hydrogen (secondary N) is 1. The largest absolute Gasteiger partial charge is 0.478 e. The van der Waals surface area contributed by atoms with Crippen LogP contribution in [-0.2, 0) is 4.79 Å². The van der Waals surface area contributed by atoms with Crippen molar-refractivity contribution >= 4 is 29.2 Å². The van der Waals surface area contributed by atoms with Crippen LogP contribution in [0.3, 0.4) is 0 Å². The van der Waals surface area contributed by atoms with E-state index in [1.165, 1.54) is 54.7 Å². The molecule has 3 N–H and O–H groups in total. The number of halogens is 3. The van der Waals surface area contributed by atoms with Gasteiger partial charge in [-0.2, -0.15) is 0 Å². The average Bonchev–Trinajstić information content (AvgIpc) is 3.43. The predicted octanol–water partition coefficient (Wildman–Crippen LogP) is 6.08. The number of nitrogens with zero attached hydrogens (tertiary/aromatic N) is 1. The summed E-state index contributed by atoms with van der Waals surface area (Å²) in [5.41, 5.74) is 0.807. The number of aromatic carboxylic acids is 1. The molecule has 0 radical (unpaired) electrons. The van der Waals surface area contributed by atoms with Crippen LogP contribution in [-0.4, -0.2) is 28.5 Å². The highest BCUT2D eigenvalue weighted by atomic mass is 35.5. The van der Waals surface area contributed by atoms with Crippen molar-refractivity contribution in [2.24, 2.45) is 17.8 Å². The molecule has 200 valence electrons. The number of anilines is 1. The number of carboxylic acid groups (broad SMARTS) is 1. The Labute approximate surface area is 223 Å². The smallest absolute Gasteiger partial charge is 0.335 e. The van der Waals surface area contributed by atoms with Crippen LogP contribution in [0.15, 0.2) is 54.7 Å². The zero-order valence-electron chi connectivity index (χ0n) is 21.0. The number of aromatic nitrogens is 1. The molecule has 4 atom stereocenters. The van der Waals surface area contributed by atoms with Crippen LogP contribution >= 0.6 is 11.6 Å². The minimum absolute atomic E-state index is 0.0859. The molecule has 10 heteroatoms. The first kappa shape index (κ1) is 27.3. The Kier molecular flexibility index (Phi) is 7.87. The van der Waals surface area contributed by atoms with Crippen molar-refractivity contribution in [2.45, 2.75) is 39.5 Å². The van der Waals surface area contributed by atoms with Gasteiger partial charge in [0.2, 0.25) is 24.2 Å². The standard InChI is InChI=1S/C28H27ClF2N2O5/c1-14-15(2)20(14)12-21(27(34)32-19-7-4-17(5-8-19)28(35)36)23-10-6-18(13-33(23)37)25-24(38-16(3)30)11-9-22(29)26(25)31/h4-11,13-16,20-21H,12H2,1-3H3,(H2-,32,34,35,36,37)/p+1. The lowest BCUT2D eigenvalue weighted by Crippen LogP contribution is -2.40. The lowest BCUT2D eigenvalue weighted by atomic mass is 9.94. The van der Waals surface area contributed by atoms with Gasteiger partial charge in [0, 0.05) is 23.4 Å². The van der Waals surface area contributed by atoms with E-state index < -0.39 is 24.1 Å². The highest BCUT2D eigenvalue weighted by molar-refractivity contribution is 6.31. The van der Waals surface area contributed by atoms with Crippen molar-refractivity contribution < 1.29 is 38.2 Å². The molecule has 1 heterocycles. The van der Waals surface area contributed by atoms with Crippen LogP contribution in [0.25, 0.3) is 11.1 Å². The molecule has 1 saturated carbocycles. The number of ether oxygens (including phenoxy) is 1. The zero-order chi connectivity index (χ0) is 27.7. The number of carbonyl (C=O) groups is 2. The number of hydrogen-bond donors (Lipinski definition) is 3. The molecule has 0 saturated heterocycles. The van der Waals surface area contributed by atoms with E-state index >= 15 is 0 Å². The van der Waals surface area contributed by atoms with E-state index in [-0.39, 0.29) is 45.0 Å². The van der Waals surface area contributed by atoms with Gasteiger partial charge in [0.05, 0.1) is 21.7 Å². The fraction of sp³-hybridized carbons (Fsp3) is 0.321. The number of carboxylic acids is 1. The molecule has 4 unspecified atom stereocenters. The first-order valence-corrected chi connectivity index (χ1v) is 12.5. The van der Waals surface area contributed by atoms with Gasteiger partial charge >= 0.3 is 5.97 Å². The molecule has 1 aliphatic carbocycles. The lowest BCUT2D eigenvalue weighted by Gasteiger charge is -2.16. The van der Waals surface area contributed by atoms with Crippen LogP contribution in [0.2, 0.25) is 5.02 Å². The Bertz CT molecular complexity index is 1360. The fourth-order valence-electron chi connectivity index (χ4n) is 4.75. The summed E-state index contributed by atoms with van der Waals surface area (Å²) >= 11 is 5.95. The van der Waals surface area contributed by atoms with Crippen LogP contribution in [0.5, 0.6) is 5.75 Å². The van der Waals surface area contributed by atoms with Crippen molar-refractivity contribution in [1.82, 2.24) is 0 Å². The third-order valence-corrected chi connectivity index (χ3v) is 7.51. The SMILES string of the molecule is CC(F)Oc1ccc(Cl)c(F)c1-c1ccc(C(CC2C(C)C2C)C(=O)Nc2ccc(C(=O)O)cc2)[n+](O)c1. The zero-order valence-corrected chi connectivity index (χ0v) is 21.7. The van der Waals surface area contributed by atoms with Crippen LogP contribution in [0.1, 0.15) is 49.2 Å². The molecule has 3 aromatic rings. The van der Waals surface area contributed by atoms with Gasteiger partial charge in [0.25, 0.3) is 0 Å². The van der Waals surface area contributed by atoms with Gasteiger partial charge in [-0.15, -0.1) is 0 Å². The van der Waals surface area contributed by atoms with E-state index in [0.717, 1.165) is 11.7 Å². The van der Waals surface area contributed by atoms with Crippen molar-refractivity contribution in [1.29, 1.82) is 0 Å². The molecule has 7 nitrogen and oxygen atoms in total. The van der Waals surface area contributed by atoms with Gasteiger partial charge < -0.3 is 15.2 Å². The van der Waals surface area contributed by atoms with Gasteiger partial charge in [0.15, 0.2) is 5.82 Å². The maximum absolute atomic E-state index is 15.0. The molecule has 0 bridgehead atoms. The minimum Gasteiger partial charge on any atom is -0.478 e. The second-order valence-electron chi connectivity index (χ2n) is 9.62. The molecule has 0 aliphatic heterocycles. The van der Waals surface area contributed by atoms with E-state index in [9.17, 15) is 23.6 Å². The summed E-state index contributed by atoms with van der Waals surface area (Å²) < 4.78 is 34.4. The molecular weight excluding hydrogens is 518 g/mol. The van der Waals surface area contributed by atoms with E-state index in [1.807, 2.05) is 0 Å². The maximum atomic E-state index is 15.0. The molecular formula is C28H28ClF2N2O5+. The third kappa shape index (κ3) is 5.72. The van der Waals surface area contributed by atoms with Gasteiger partial charge in [0.1, 0.15) is 11.7 Å². The molecule has 0 spiro atoms. The highest BCUT2D eigenvalue weighted by Gasteiger charge is 2.46. The van der Waals surface area contributed by atoms with Crippen molar-refractivity contribution in [3.63, 3.8) is 0 Å². The number of alkyl halides is 1. The normalized spacial score (nSPS) is 19.9. The molecule has 2 aromatic carbocycles. The quantitative estimate of drug-likeness (QED) is 0.224. The fourth-order valence-corrected chi connectivity index (χ4v) is 4.91. The number of pyridine rings is 1. The summed E-state index contributed by atoms with van der Waals surface area (Å²) in [5.74, 6) is -2.08. The Morgan fingerprint density at radius 3 is 2.32 bits per heavy atom. The van der Waals surface area contributed by atoms with Crippen molar-refractivity contribution in [2.75, 3.05) is 5.32 Å². The van der Waals surface area contributed by atoms with E-state index in [1.54, 1.807) is 0 Å². The van der Waals surface area contributed by atoms with Gasteiger partial charge in [-0.05, 0) is 66.6 Å². The van der Waals surface area contributed by atoms with E-state index in [4.69, 9.17) is 21.4 Å². The summed E-state index contributed by atoms with van der Waals surface area (Å²) in [4.78, 5) is 24.5. The first-order valence-electron chi connectivity index (χ1n) is 12.2. The Hall–Kier alpha value is -3.72. The maximum Gasteiger partial charge on any atom is 0.335 e. The van der Waals surface area contributed by atoms with E-state index in [2.05, 4.69) is 19.2 Å². The lowest BCUT2D eigenvalue weighted by molar-refractivity contribution is -0.909. The number of benzene rings is 2. The highest BCUT2D eigenvalue weighted by Crippen LogP contribution is 2.50. The van der Waals surface area contributed by atoms with Crippen LogP contribution in [0, 0.1) is 23.6 Å². The summed E-state index contributed by atoms with van der Waals surface area (Å²) in [6, 6.07) is 11.4. The number of amides is 1. The topological polar surface area (TPSA) is 99.7 Å². The molecule has 1 amide bonds. The number of hydrogen-bond acceptors (Lipinski definition) is 4. The Morgan fingerprint density at radius 1 is 1.11 bits per heavy atom. The summed E-state index contributed by atoms with van der Waals surface area (Å²) in [6.07, 6.45) is -0.0304. The van der Waals surface area contributed by atoms with Gasteiger partial charge in [-0.25, -0.2) is 13.6 Å². The summed E-state index contributed by atoms with van der Waals surface area (Å²) in [6.45, 7) is 5.35. The molecule has 38 heavy (non-hydrogen) atoms. The number of carbonyl (C=O) groups excluding carboxylic acids is 1. The number of rotatable bonds is 9. The summed E-state index contributed by atoms with van der Waals surface area (Å²) in [5, 5.41) is 22.6. The van der Waals surface area contributed by atoms with Crippen LogP contribution < -0.4 is 14.8 Å². The molecule has 4 rings (SSSR count). The molecule has 1 aliphatic rings. The Morgan fingerprint density at radius 2 is 1.76 bits per heavy atom. The summed E-state index contributed by atoms with van der Waals surface area (Å²) in [7, 11) is 0. The van der Waals surface area contributed by atoms with Crippen LogP contribution in [0.4, 0.5) is 14.5 Å². The Balaban J connectivity index is 1.68. The van der Waals surface area contributed by atoms with Gasteiger partial charge in [-0.1, -0.05) is 25.4 Å². The second kappa shape index (κ2) is 10.9. The first-order chi connectivity index (χ1) is 18.0. The third-order valence-electron chi connectivity index (χ3n) is 7.21. The van der Waals surface area contributed by atoms with E-state index in [0.29, 0.717) is 23.9 Å². The monoisotopic (exact) mass is 545 g/mol. The second-order valence-corrected chi connectivity index (χ2v) is 10.0. The minimum atomic E-state index is -1.71. The molecule has 1 aromatic heterocycles. The van der Waals surface area contributed by atoms with Crippen molar-refractivity contribution in [3.8, 4) is 16.9 Å².